The highest BCUT2D eigenvalue weighted by Crippen LogP contribution is 2.07. The molecule has 1 rings (SSSR count). The monoisotopic (exact) mass is 214 g/mol. The minimum absolute atomic E-state index is 0.276. The Morgan fingerprint density at radius 1 is 1.40 bits per heavy atom. The smallest absolute Gasteiger partial charge is 0.254 e. The summed E-state index contributed by atoms with van der Waals surface area (Å²) in [7, 11) is 0. The van der Waals surface area contributed by atoms with Gasteiger partial charge in [0, 0.05) is 18.3 Å². The zero-order valence-corrected chi connectivity index (χ0v) is 8.79. The number of hydrogen-bond donors (Lipinski definition) is 1. The highest BCUT2D eigenvalue weighted by molar-refractivity contribution is 5.05. The van der Waals surface area contributed by atoms with Gasteiger partial charge in [0.15, 0.2) is 0 Å². The first-order chi connectivity index (χ1) is 7.24. The third kappa shape index (κ3) is 4.34. The standard InChI is InChI=1S/C11H16F2N2/c1-2-6-15-10(11(12)13)8-9-5-3-4-7-14-9/h3-5,7,10-11,15H,2,6,8H2,1H3. The van der Waals surface area contributed by atoms with Crippen molar-refractivity contribution in [2.24, 2.45) is 0 Å². The van der Waals surface area contributed by atoms with Crippen LogP contribution in [0.3, 0.4) is 0 Å². The number of nitrogens with one attached hydrogen (secondary N) is 1. The summed E-state index contributed by atoms with van der Waals surface area (Å²) in [4.78, 5) is 4.04. The van der Waals surface area contributed by atoms with Crippen molar-refractivity contribution in [2.75, 3.05) is 6.54 Å². The van der Waals surface area contributed by atoms with Gasteiger partial charge in [0.05, 0.1) is 6.04 Å². The lowest BCUT2D eigenvalue weighted by molar-refractivity contribution is 0.0978. The number of nitrogens with zero attached hydrogens (tertiary/aromatic N) is 1. The van der Waals surface area contributed by atoms with Gasteiger partial charge in [-0.3, -0.25) is 4.98 Å². The quantitative estimate of drug-likeness (QED) is 0.785. The fraction of sp³-hybridized carbons (Fsp3) is 0.545. The van der Waals surface area contributed by atoms with Gasteiger partial charge in [0.2, 0.25) is 0 Å². The van der Waals surface area contributed by atoms with Crippen LogP contribution < -0.4 is 5.32 Å². The van der Waals surface area contributed by atoms with E-state index in [0.29, 0.717) is 12.2 Å². The molecule has 0 aliphatic heterocycles. The van der Waals surface area contributed by atoms with Crippen molar-refractivity contribution in [1.29, 1.82) is 0 Å². The van der Waals surface area contributed by atoms with Gasteiger partial charge in [-0.1, -0.05) is 13.0 Å². The summed E-state index contributed by atoms with van der Waals surface area (Å²) < 4.78 is 25.2. The molecule has 84 valence electrons. The van der Waals surface area contributed by atoms with Gasteiger partial charge in [-0.15, -0.1) is 0 Å². The van der Waals surface area contributed by atoms with Crippen LogP contribution in [0.4, 0.5) is 8.78 Å². The van der Waals surface area contributed by atoms with Gasteiger partial charge in [-0.05, 0) is 25.1 Å². The van der Waals surface area contributed by atoms with Crippen LogP contribution >= 0.6 is 0 Å². The molecule has 0 saturated heterocycles. The SMILES string of the molecule is CCCNC(Cc1ccccn1)C(F)F. The molecule has 0 amide bonds. The Bertz CT molecular complexity index is 265. The van der Waals surface area contributed by atoms with Crippen molar-refractivity contribution < 1.29 is 8.78 Å². The Morgan fingerprint density at radius 3 is 2.73 bits per heavy atom. The molecule has 0 radical (unpaired) electrons. The van der Waals surface area contributed by atoms with E-state index in [1.54, 1.807) is 18.3 Å². The molecule has 0 aliphatic rings. The van der Waals surface area contributed by atoms with Crippen LogP contribution in [0.1, 0.15) is 19.0 Å². The summed E-state index contributed by atoms with van der Waals surface area (Å²) in [6.07, 6.45) is 0.403. The molecule has 1 atom stereocenters. The zero-order chi connectivity index (χ0) is 11.1. The van der Waals surface area contributed by atoms with Crippen LogP contribution in [0.2, 0.25) is 0 Å². The van der Waals surface area contributed by atoms with E-state index >= 15 is 0 Å². The molecule has 1 aromatic heterocycles. The predicted octanol–water partition coefficient (Wildman–Crippen LogP) is 2.26. The van der Waals surface area contributed by atoms with Crippen molar-refractivity contribution in [1.82, 2.24) is 10.3 Å². The number of pyridine rings is 1. The van der Waals surface area contributed by atoms with E-state index in [9.17, 15) is 8.78 Å². The number of aromatic nitrogens is 1. The minimum atomic E-state index is -2.35. The van der Waals surface area contributed by atoms with Crippen LogP contribution in [-0.4, -0.2) is 24.0 Å². The topological polar surface area (TPSA) is 24.9 Å². The molecule has 0 aromatic carbocycles. The molecule has 0 saturated carbocycles. The second-order valence-electron chi connectivity index (χ2n) is 3.42. The molecule has 1 N–H and O–H groups in total. The maximum atomic E-state index is 12.6. The Labute approximate surface area is 88.7 Å². The highest BCUT2D eigenvalue weighted by atomic mass is 19.3. The summed E-state index contributed by atoms with van der Waals surface area (Å²) in [5.74, 6) is 0. The fourth-order valence-corrected chi connectivity index (χ4v) is 1.32. The summed E-state index contributed by atoms with van der Waals surface area (Å²) >= 11 is 0. The molecule has 4 heteroatoms. The number of alkyl halides is 2. The van der Waals surface area contributed by atoms with Gasteiger partial charge in [0.25, 0.3) is 6.43 Å². The van der Waals surface area contributed by atoms with E-state index in [-0.39, 0.29) is 6.42 Å². The highest BCUT2D eigenvalue weighted by Gasteiger charge is 2.19. The van der Waals surface area contributed by atoms with Crippen LogP contribution in [0.5, 0.6) is 0 Å². The first-order valence-electron chi connectivity index (χ1n) is 5.15. The second kappa shape index (κ2) is 6.45. The Morgan fingerprint density at radius 2 is 2.20 bits per heavy atom. The average molecular weight is 214 g/mol. The lowest BCUT2D eigenvalue weighted by atomic mass is 10.1. The molecule has 15 heavy (non-hydrogen) atoms. The second-order valence-corrected chi connectivity index (χ2v) is 3.42. The predicted molar refractivity (Wildman–Crippen MR) is 56.0 cm³/mol. The van der Waals surface area contributed by atoms with Crippen LogP contribution in [0, 0.1) is 0 Å². The van der Waals surface area contributed by atoms with Crippen molar-refractivity contribution in [2.45, 2.75) is 32.2 Å². The third-order valence-corrected chi connectivity index (χ3v) is 2.12. The fourth-order valence-electron chi connectivity index (χ4n) is 1.32. The van der Waals surface area contributed by atoms with Gasteiger partial charge in [-0.2, -0.15) is 0 Å². The van der Waals surface area contributed by atoms with E-state index < -0.39 is 12.5 Å². The molecule has 0 bridgehead atoms. The molecule has 0 spiro atoms. The van der Waals surface area contributed by atoms with E-state index in [1.165, 1.54) is 0 Å². The molecule has 1 aromatic rings. The maximum absolute atomic E-state index is 12.6. The molecule has 1 unspecified atom stereocenters. The van der Waals surface area contributed by atoms with Crippen molar-refractivity contribution in [3.8, 4) is 0 Å². The molecule has 0 aliphatic carbocycles. The van der Waals surface area contributed by atoms with Crippen LogP contribution in [0.15, 0.2) is 24.4 Å². The third-order valence-electron chi connectivity index (χ3n) is 2.12. The summed E-state index contributed by atoms with van der Waals surface area (Å²) in [6.45, 7) is 2.57. The van der Waals surface area contributed by atoms with Crippen molar-refractivity contribution >= 4 is 0 Å². The zero-order valence-electron chi connectivity index (χ0n) is 8.79. The number of hydrogen-bond acceptors (Lipinski definition) is 2. The minimum Gasteiger partial charge on any atom is -0.309 e. The lowest BCUT2D eigenvalue weighted by Gasteiger charge is -2.16. The summed E-state index contributed by atoms with van der Waals surface area (Å²) in [5.41, 5.74) is 0.700. The molecule has 1 heterocycles. The van der Waals surface area contributed by atoms with Gasteiger partial charge < -0.3 is 5.32 Å². The van der Waals surface area contributed by atoms with Crippen molar-refractivity contribution in [3.63, 3.8) is 0 Å². The van der Waals surface area contributed by atoms with Crippen LogP contribution in [0.25, 0.3) is 0 Å². The first-order valence-corrected chi connectivity index (χ1v) is 5.15. The Hall–Kier alpha value is -1.03. The Balaban J connectivity index is 2.51. The lowest BCUT2D eigenvalue weighted by Crippen LogP contribution is -2.38. The van der Waals surface area contributed by atoms with Crippen molar-refractivity contribution in [3.05, 3.63) is 30.1 Å². The average Bonchev–Trinajstić information content (AvgIpc) is 2.25. The molecule has 2 nitrogen and oxygen atoms in total. The van der Waals surface area contributed by atoms with E-state index in [0.717, 1.165) is 6.42 Å². The molecular weight excluding hydrogens is 198 g/mol. The number of rotatable bonds is 6. The number of halogens is 2. The van der Waals surface area contributed by atoms with Gasteiger partial charge >= 0.3 is 0 Å². The van der Waals surface area contributed by atoms with Gasteiger partial charge in [0.1, 0.15) is 0 Å². The molecular formula is C11H16F2N2. The summed E-state index contributed by atoms with van der Waals surface area (Å²) in [6, 6.07) is 4.56. The maximum Gasteiger partial charge on any atom is 0.254 e. The van der Waals surface area contributed by atoms with E-state index in [4.69, 9.17) is 0 Å². The van der Waals surface area contributed by atoms with Crippen LogP contribution in [-0.2, 0) is 6.42 Å². The first kappa shape index (κ1) is 12.0. The van der Waals surface area contributed by atoms with E-state index in [1.807, 2.05) is 13.0 Å². The summed E-state index contributed by atoms with van der Waals surface area (Å²) in [5, 5.41) is 2.83. The van der Waals surface area contributed by atoms with Gasteiger partial charge in [-0.25, -0.2) is 8.78 Å². The largest absolute Gasteiger partial charge is 0.309 e. The normalized spacial score (nSPS) is 13.1. The molecule has 0 fully saturated rings. The van der Waals surface area contributed by atoms with E-state index in [2.05, 4.69) is 10.3 Å². The Kier molecular flexibility index (Phi) is 5.18.